The zero-order chi connectivity index (χ0) is 20.1. The third-order valence-corrected chi connectivity index (χ3v) is 5.16. The molecule has 1 amide bonds. The van der Waals surface area contributed by atoms with E-state index in [1.807, 2.05) is 53.7 Å². The van der Waals surface area contributed by atoms with Gasteiger partial charge in [-0.15, -0.1) is 0 Å². The van der Waals surface area contributed by atoms with E-state index in [4.69, 9.17) is 17.0 Å². The highest BCUT2D eigenvalue weighted by Gasteiger charge is 2.27. The minimum absolute atomic E-state index is 0.0251. The van der Waals surface area contributed by atoms with Crippen LogP contribution in [0, 0.1) is 4.77 Å². The van der Waals surface area contributed by atoms with E-state index in [0.717, 1.165) is 43.1 Å². The SMILES string of the molecule is CCn1c(C2CCCN(C(=O)C=Cc3cccc(OC(C)C)c3)C2)n[nH]c1=S. The Morgan fingerprint density at radius 3 is 3.04 bits per heavy atom. The van der Waals surface area contributed by atoms with Gasteiger partial charge in [0, 0.05) is 31.6 Å². The monoisotopic (exact) mass is 400 g/mol. The van der Waals surface area contributed by atoms with Crippen LogP contribution in [0.5, 0.6) is 5.75 Å². The first kappa shape index (κ1) is 20.3. The molecule has 0 bridgehead atoms. The predicted molar refractivity (Wildman–Crippen MR) is 113 cm³/mol. The summed E-state index contributed by atoms with van der Waals surface area (Å²) in [6.07, 6.45) is 5.59. The fourth-order valence-corrected chi connectivity index (χ4v) is 3.84. The summed E-state index contributed by atoms with van der Waals surface area (Å²) in [5.41, 5.74) is 0.951. The van der Waals surface area contributed by atoms with Crippen molar-refractivity contribution in [3.8, 4) is 5.75 Å². The summed E-state index contributed by atoms with van der Waals surface area (Å²) in [4.78, 5) is 14.6. The number of hydrogen-bond donors (Lipinski definition) is 1. The van der Waals surface area contributed by atoms with Gasteiger partial charge >= 0.3 is 0 Å². The number of nitrogens with zero attached hydrogens (tertiary/aromatic N) is 3. The third-order valence-electron chi connectivity index (χ3n) is 4.85. The minimum Gasteiger partial charge on any atom is -0.491 e. The lowest BCUT2D eigenvalue weighted by Gasteiger charge is -2.31. The first-order chi connectivity index (χ1) is 13.5. The number of likely N-dealkylation sites (tertiary alicyclic amines) is 1. The van der Waals surface area contributed by atoms with Gasteiger partial charge in [-0.25, -0.2) is 0 Å². The molecule has 7 heteroatoms. The third kappa shape index (κ3) is 4.90. The second-order valence-electron chi connectivity index (χ2n) is 7.33. The lowest BCUT2D eigenvalue weighted by Crippen LogP contribution is -2.38. The van der Waals surface area contributed by atoms with Gasteiger partial charge in [0.1, 0.15) is 11.6 Å². The predicted octanol–water partition coefficient (Wildman–Crippen LogP) is 4.17. The topological polar surface area (TPSA) is 63.1 Å². The lowest BCUT2D eigenvalue weighted by atomic mass is 9.97. The molecule has 2 heterocycles. The van der Waals surface area contributed by atoms with Crippen molar-refractivity contribution in [2.24, 2.45) is 0 Å². The molecular weight excluding hydrogens is 372 g/mol. The number of hydrogen-bond acceptors (Lipinski definition) is 4. The zero-order valence-corrected chi connectivity index (χ0v) is 17.5. The normalized spacial score (nSPS) is 17.4. The number of carbonyl (C=O) groups excluding carboxylic acids is 1. The van der Waals surface area contributed by atoms with Gasteiger partial charge in [-0.05, 0) is 69.6 Å². The van der Waals surface area contributed by atoms with Crippen LogP contribution in [0.15, 0.2) is 30.3 Å². The lowest BCUT2D eigenvalue weighted by molar-refractivity contribution is -0.127. The average Bonchev–Trinajstić information content (AvgIpc) is 3.06. The molecule has 1 fully saturated rings. The van der Waals surface area contributed by atoms with Crippen molar-refractivity contribution in [3.63, 3.8) is 0 Å². The maximum Gasteiger partial charge on any atom is 0.246 e. The first-order valence-corrected chi connectivity index (χ1v) is 10.3. The van der Waals surface area contributed by atoms with Crippen LogP contribution < -0.4 is 4.74 Å². The molecule has 0 saturated carbocycles. The summed E-state index contributed by atoms with van der Waals surface area (Å²) in [6, 6.07) is 7.78. The maximum absolute atomic E-state index is 12.7. The number of benzene rings is 1. The Bertz CT molecular complexity index is 900. The van der Waals surface area contributed by atoms with E-state index in [-0.39, 0.29) is 17.9 Å². The number of rotatable bonds is 6. The Balaban J connectivity index is 1.67. The average molecular weight is 401 g/mol. The molecule has 28 heavy (non-hydrogen) atoms. The number of nitrogens with one attached hydrogen (secondary N) is 1. The molecule has 0 aliphatic carbocycles. The van der Waals surface area contributed by atoms with Gasteiger partial charge in [-0.2, -0.15) is 5.10 Å². The fraction of sp³-hybridized carbons (Fsp3) is 0.476. The summed E-state index contributed by atoms with van der Waals surface area (Å²) in [7, 11) is 0. The zero-order valence-electron chi connectivity index (χ0n) is 16.7. The summed E-state index contributed by atoms with van der Waals surface area (Å²) in [5, 5.41) is 7.29. The van der Waals surface area contributed by atoms with Crippen LogP contribution in [-0.4, -0.2) is 44.8 Å². The molecule has 1 aromatic heterocycles. The molecule has 1 N–H and O–H groups in total. The smallest absolute Gasteiger partial charge is 0.246 e. The standard InChI is InChI=1S/C21H28N4O2S/c1-4-25-20(22-23-21(25)28)17-8-6-12-24(14-17)19(26)11-10-16-7-5-9-18(13-16)27-15(2)3/h5,7,9-11,13,15,17H,4,6,8,12,14H2,1-3H3,(H,23,28). The number of H-pyrrole nitrogens is 1. The van der Waals surface area contributed by atoms with Crippen LogP contribution in [0.3, 0.4) is 0 Å². The Morgan fingerprint density at radius 1 is 1.46 bits per heavy atom. The van der Waals surface area contributed by atoms with Gasteiger partial charge in [-0.3, -0.25) is 9.89 Å². The molecule has 1 unspecified atom stereocenters. The van der Waals surface area contributed by atoms with Crippen LogP contribution in [0.1, 0.15) is 50.9 Å². The van der Waals surface area contributed by atoms with E-state index in [1.165, 1.54) is 0 Å². The van der Waals surface area contributed by atoms with E-state index < -0.39 is 0 Å². The summed E-state index contributed by atoms with van der Waals surface area (Å²) in [5.74, 6) is 2.00. The fourth-order valence-electron chi connectivity index (χ4n) is 3.57. The first-order valence-electron chi connectivity index (χ1n) is 9.86. The second-order valence-corrected chi connectivity index (χ2v) is 7.71. The van der Waals surface area contributed by atoms with E-state index in [0.29, 0.717) is 11.3 Å². The van der Waals surface area contributed by atoms with E-state index in [9.17, 15) is 4.79 Å². The molecule has 3 rings (SSSR count). The van der Waals surface area contributed by atoms with Crippen LogP contribution in [0.2, 0.25) is 0 Å². The van der Waals surface area contributed by atoms with Gasteiger partial charge in [0.05, 0.1) is 6.10 Å². The Kier molecular flexibility index (Phi) is 6.67. The molecule has 1 aromatic carbocycles. The van der Waals surface area contributed by atoms with Crippen molar-refractivity contribution in [2.45, 2.75) is 52.2 Å². The minimum atomic E-state index is 0.0251. The van der Waals surface area contributed by atoms with Crippen LogP contribution in [0.4, 0.5) is 0 Å². The maximum atomic E-state index is 12.7. The Hall–Kier alpha value is -2.41. The van der Waals surface area contributed by atoms with Crippen LogP contribution in [-0.2, 0) is 11.3 Å². The van der Waals surface area contributed by atoms with Gasteiger partial charge in [0.2, 0.25) is 5.91 Å². The summed E-state index contributed by atoms with van der Waals surface area (Å²) >= 11 is 5.30. The quantitative estimate of drug-likeness (QED) is 0.584. The van der Waals surface area contributed by atoms with E-state index in [2.05, 4.69) is 17.1 Å². The molecule has 1 aliphatic heterocycles. The van der Waals surface area contributed by atoms with Crippen molar-refractivity contribution in [1.29, 1.82) is 0 Å². The van der Waals surface area contributed by atoms with Gasteiger partial charge in [-0.1, -0.05) is 12.1 Å². The summed E-state index contributed by atoms with van der Waals surface area (Å²) < 4.78 is 8.38. The largest absolute Gasteiger partial charge is 0.491 e. The number of aromatic amines is 1. The summed E-state index contributed by atoms with van der Waals surface area (Å²) in [6.45, 7) is 8.27. The Labute approximate surface area is 171 Å². The number of carbonyl (C=O) groups is 1. The van der Waals surface area contributed by atoms with Crippen molar-refractivity contribution in [3.05, 3.63) is 46.5 Å². The number of amides is 1. The number of ether oxygens (including phenoxy) is 1. The highest BCUT2D eigenvalue weighted by Crippen LogP contribution is 2.26. The second kappa shape index (κ2) is 9.19. The van der Waals surface area contributed by atoms with Gasteiger partial charge in [0.25, 0.3) is 0 Å². The number of piperidine rings is 1. The van der Waals surface area contributed by atoms with Crippen molar-refractivity contribution in [2.75, 3.05) is 13.1 Å². The van der Waals surface area contributed by atoms with Crippen LogP contribution >= 0.6 is 12.2 Å². The highest BCUT2D eigenvalue weighted by atomic mass is 32.1. The molecule has 0 spiro atoms. The van der Waals surface area contributed by atoms with Crippen molar-refractivity contribution in [1.82, 2.24) is 19.7 Å². The molecule has 0 radical (unpaired) electrons. The molecule has 1 aliphatic rings. The van der Waals surface area contributed by atoms with Crippen molar-refractivity contribution < 1.29 is 9.53 Å². The molecular formula is C21H28N4O2S. The molecule has 2 aromatic rings. The molecule has 6 nitrogen and oxygen atoms in total. The van der Waals surface area contributed by atoms with Gasteiger partial charge < -0.3 is 14.2 Å². The van der Waals surface area contributed by atoms with E-state index in [1.54, 1.807) is 6.08 Å². The highest BCUT2D eigenvalue weighted by molar-refractivity contribution is 7.71. The van der Waals surface area contributed by atoms with Crippen molar-refractivity contribution >= 4 is 24.2 Å². The van der Waals surface area contributed by atoms with Gasteiger partial charge in [0.15, 0.2) is 4.77 Å². The van der Waals surface area contributed by atoms with E-state index >= 15 is 0 Å². The molecule has 150 valence electrons. The van der Waals surface area contributed by atoms with Crippen LogP contribution in [0.25, 0.3) is 6.08 Å². The Morgan fingerprint density at radius 2 is 2.29 bits per heavy atom. The number of aromatic nitrogens is 3. The molecule has 1 atom stereocenters. The molecule has 1 saturated heterocycles.